The van der Waals surface area contributed by atoms with Gasteiger partial charge in [-0.15, -0.1) is 0 Å². The van der Waals surface area contributed by atoms with Gasteiger partial charge in [-0.1, -0.05) is 11.6 Å². The number of amides is 2. The molecule has 1 fully saturated rings. The first kappa shape index (κ1) is 12.9. The molecule has 0 spiro atoms. The third-order valence-electron chi connectivity index (χ3n) is 2.67. The largest absolute Gasteiger partial charge is 0.391 e. The average Bonchev–Trinajstić information content (AvgIpc) is 2.60. The number of rotatable bonds is 2. The Balaban J connectivity index is 2.38. The molecule has 1 aromatic rings. The third-order valence-corrected chi connectivity index (χ3v) is 2.90. The van der Waals surface area contributed by atoms with Crippen molar-refractivity contribution < 1.29 is 14.7 Å². The lowest BCUT2D eigenvalue weighted by Gasteiger charge is -2.20. The molecular formula is C12H13ClN2O3. The SMILES string of the molecule is CC(=O)Nc1ccc(Cl)cc1N1CC(O)CC1=O. The van der Waals surface area contributed by atoms with Gasteiger partial charge in [0.05, 0.1) is 30.4 Å². The molecule has 1 aliphatic heterocycles. The van der Waals surface area contributed by atoms with Crippen LogP contribution >= 0.6 is 11.6 Å². The molecule has 1 atom stereocenters. The maximum Gasteiger partial charge on any atom is 0.229 e. The number of hydrogen-bond acceptors (Lipinski definition) is 3. The predicted octanol–water partition coefficient (Wildman–Crippen LogP) is 1.40. The van der Waals surface area contributed by atoms with E-state index in [0.717, 1.165) is 0 Å². The monoisotopic (exact) mass is 268 g/mol. The number of hydrogen-bond donors (Lipinski definition) is 2. The summed E-state index contributed by atoms with van der Waals surface area (Å²) in [7, 11) is 0. The Kier molecular flexibility index (Phi) is 3.54. The first-order chi connectivity index (χ1) is 8.47. The van der Waals surface area contributed by atoms with E-state index in [0.29, 0.717) is 16.4 Å². The number of β-amino-alcohol motifs (C(OH)–C–C–N with tert-alkyl or cyclic N) is 1. The molecule has 1 heterocycles. The van der Waals surface area contributed by atoms with E-state index in [1.54, 1.807) is 18.2 Å². The first-order valence-corrected chi connectivity index (χ1v) is 5.90. The molecule has 6 heteroatoms. The molecule has 1 saturated heterocycles. The molecule has 1 unspecified atom stereocenters. The summed E-state index contributed by atoms with van der Waals surface area (Å²) >= 11 is 5.90. The van der Waals surface area contributed by atoms with Gasteiger partial charge in [-0.05, 0) is 18.2 Å². The second kappa shape index (κ2) is 4.96. The standard InChI is InChI=1S/C12H13ClN2O3/c1-7(16)14-10-3-2-8(13)4-11(10)15-6-9(17)5-12(15)18/h2-4,9,17H,5-6H2,1H3,(H,14,16). The Morgan fingerprint density at radius 1 is 1.56 bits per heavy atom. The van der Waals surface area contributed by atoms with Crippen molar-refractivity contribution in [3.8, 4) is 0 Å². The van der Waals surface area contributed by atoms with Crippen LogP contribution in [0, 0.1) is 0 Å². The van der Waals surface area contributed by atoms with Gasteiger partial charge in [-0.3, -0.25) is 9.59 Å². The van der Waals surface area contributed by atoms with Crippen LogP contribution < -0.4 is 10.2 Å². The normalized spacial score (nSPS) is 19.2. The number of nitrogens with zero attached hydrogens (tertiary/aromatic N) is 1. The minimum atomic E-state index is -0.679. The van der Waals surface area contributed by atoms with Crippen molar-refractivity contribution in [1.82, 2.24) is 0 Å². The molecule has 2 N–H and O–H groups in total. The van der Waals surface area contributed by atoms with E-state index in [2.05, 4.69) is 5.32 Å². The molecule has 0 radical (unpaired) electrons. The van der Waals surface area contributed by atoms with Gasteiger partial charge in [0, 0.05) is 11.9 Å². The number of anilines is 2. The molecule has 0 saturated carbocycles. The van der Waals surface area contributed by atoms with Gasteiger partial charge >= 0.3 is 0 Å². The summed E-state index contributed by atoms with van der Waals surface area (Å²) in [5.41, 5.74) is 1.02. The van der Waals surface area contributed by atoms with Gasteiger partial charge in [-0.2, -0.15) is 0 Å². The number of halogens is 1. The summed E-state index contributed by atoms with van der Waals surface area (Å²) in [4.78, 5) is 24.3. The van der Waals surface area contributed by atoms with Crippen molar-refractivity contribution in [1.29, 1.82) is 0 Å². The summed E-state index contributed by atoms with van der Waals surface area (Å²) in [6.45, 7) is 1.60. The number of nitrogens with one attached hydrogen (secondary N) is 1. The van der Waals surface area contributed by atoms with Crippen LogP contribution in [0.1, 0.15) is 13.3 Å². The molecular weight excluding hydrogens is 256 g/mol. The maximum atomic E-state index is 11.7. The van der Waals surface area contributed by atoms with Gasteiger partial charge in [-0.25, -0.2) is 0 Å². The lowest BCUT2D eigenvalue weighted by atomic mass is 10.2. The van der Waals surface area contributed by atoms with Crippen molar-refractivity contribution in [3.63, 3.8) is 0 Å². The van der Waals surface area contributed by atoms with Crippen LogP contribution in [0.3, 0.4) is 0 Å². The highest BCUT2D eigenvalue weighted by molar-refractivity contribution is 6.31. The van der Waals surface area contributed by atoms with E-state index in [1.807, 2.05) is 0 Å². The highest BCUT2D eigenvalue weighted by atomic mass is 35.5. The van der Waals surface area contributed by atoms with E-state index in [1.165, 1.54) is 11.8 Å². The fourth-order valence-corrected chi connectivity index (χ4v) is 2.11. The summed E-state index contributed by atoms with van der Waals surface area (Å²) in [5.74, 6) is -0.415. The minimum Gasteiger partial charge on any atom is -0.391 e. The number of aliphatic hydroxyl groups is 1. The van der Waals surface area contributed by atoms with Crippen LogP contribution in [0.2, 0.25) is 5.02 Å². The van der Waals surface area contributed by atoms with Crippen molar-refractivity contribution in [2.75, 3.05) is 16.8 Å². The molecule has 18 heavy (non-hydrogen) atoms. The van der Waals surface area contributed by atoms with E-state index in [9.17, 15) is 14.7 Å². The number of carbonyl (C=O) groups is 2. The highest BCUT2D eigenvalue weighted by Gasteiger charge is 2.30. The Labute approximate surface area is 109 Å². The maximum absolute atomic E-state index is 11.7. The van der Waals surface area contributed by atoms with Crippen LogP contribution in [0.5, 0.6) is 0 Å². The molecule has 1 aromatic carbocycles. The Morgan fingerprint density at radius 2 is 2.28 bits per heavy atom. The molecule has 1 aliphatic rings. The fraction of sp³-hybridized carbons (Fsp3) is 0.333. The molecule has 0 aromatic heterocycles. The van der Waals surface area contributed by atoms with Crippen LogP contribution in [0.25, 0.3) is 0 Å². The molecule has 96 valence electrons. The molecule has 2 rings (SSSR count). The second-order valence-corrected chi connectivity index (χ2v) is 4.64. The van der Waals surface area contributed by atoms with Gasteiger partial charge in [0.1, 0.15) is 0 Å². The Hall–Kier alpha value is -1.59. The first-order valence-electron chi connectivity index (χ1n) is 5.53. The lowest BCUT2D eigenvalue weighted by molar-refractivity contribution is -0.117. The van der Waals surface area contributed by atoms with E-state index in [4.69, 9.17) is 11.6 Å². The fourth-order valence-electron chi connectivity index (χ4n) is 1.95. The van der Waals surface area contributed by atoms with Crippen LogP contribution in [-0.4, -0.2) is 29.6 Å². The van der Waals surface area contributed by atoms with Crippen molar-refractivity contribution >= 4 is 34.8 Å². The zero-order valence-electron chi connectivity index (χ0n) is 9.81. The average molecular weight is 269 g/mol. The Morgan fingerprint density at radius 3 is 2.83 bits per heavy atom. The van der Waals surface area contributed by atoms with Gasteiger partial charge in [0.25, 0.3) is 0 Å². The summed E-state index contributed by atoms with van der Waals surface area (Å²) in [6, 6.07) is 4.87. The van der Waals surface area contributed by atoms with Crippen molar-refractivity contribution in [2.45, 2.75) is 19.4 Å². The van der Waals surface area contributed by atoms with E-state index in [-0.39, 0.29) is 24.8 Å². The smallest absolute Gasteiger partial charge is 0.229 e. The third kappa shape index (κ3) is 2.63. The second-order valence-electron chi connectivity index (χ2n) is 4.20. The summed E-state index contributed by atoms with van der Waals surface area (Å²) < 4.78 is 0. The van der Waals surface area contributed by atoms with Gasteiger partial charge < -0.3 is 15.3 Å². The summed E-state index contributed by atoms with van der Waals surface area (Å²) in [6.07, 6.45) is -0.590. The zero-order chi connectivity index (χ0) is 13.3. The van der Waals surface area contributed by atoms with Crippen molar-refractivity contribution in [3.05, 3.63) is 23.2 Å². The molecule has 0 aliphatic carbocycles. The van der Waals surface area contributed by atoms with Crippen molar-refractivity contribution in [2.24, 2.45) is 0 Å². The van der Waals surface area contributed by atoms with E-state index < -0.39 is 6.10 Å². The number of benzene rings is 1. The minimum absolute atomic E-state index is 0.0893. The van der Waals surface area contributed by atoms with Gasteiger partial charge in [0.2, 0.25) is 11.8 Å². The van der Waals surface area contributed by atoms with Crippen LogP contribution in [0.4, 0.5) is 11.4 Å². The van der Waals surface area contributed by atoms with E-state index >= 15 is 0 Å². The zero-order valence-corrected chi connectivity index (χ0v) is 10.6. The van der Waals surface area contributed by atoms with Crippen LogP contribution in [-0.2, 0) is 9.59 Å². The molecule has 2 amide bonds. The quantitative estimate of drug-likeness (QED) is 0.852. The lowest BCUT2D eigenvalue weighted by Crippen LogP contribution is -2.26. The summed E-state index contributed by atoms with van der Waals surface area (Å²) in [5, 5.41) is 12.6. The highest BCUT2D eigenvalue weighted by Crippen LogP contribution is 2.32. The number of carbonyl (C=O) groups excluding carboxylic acids is 2. The van der Waals surface area contributed by atoms with Gasteiger partial charge in [0.15, 0.2) is 0 Å². The molecule has 5 nitrogen and oxygen atoms in total. The molecule has 0 bridgehead atoms. The Bertz CT molecular complexity index is 504. The predicted molar refractivity (Wildman–Crippen MR) is 68.7 cm³/mol. The number of aliphatic hydroxyl groups excluding tert-OH is 1. The topological polar surface area (TPSA) is 69.6 Å². The van der Waals surface area contributed by atoms with Crippen LogP contribution in [0.15, 0.2) is 18.2 Å².